The largest absolute Gasteiger partial charge is 0.416 e. The number of amides is 3. The molecule has 0 saturated carbocycles. The molecule has 2 aliphatic heterocycles. The predicted octanol–water partition coefficient (Wildman–Crippen LogP) is 4.06. The van der Waals surface area contributed by atoms with Crippen LogP contribution in [0.15, 0.2) is 48.5 Å². The first-order valence-corrected chi connectivity index (χ1v) is 11.8. The molecule has 2 heterocycles. The van der Waals surface area contributed by atoms with Crippen molar-refractivity contribution in [2.45, 2.75) is 39.0 Å². The molecule has 0 bridgehead atoms. The van der Waals surface area contributed by atoms with Gasteiger partial charge in [0.05, 0.1) is 16.7 Å². The van der Waals surface area contributed by atoms with Crippen molar-refractivity contribution in [2.24, 2.45) is 5.92 Å². The minimum Gasteiger partial charge on any atom is -0.338 e. The van der Waals surface area contributed by atoms with E-state index < -0.39 is 29.6 Å². The van der Waals surface area contributed by atoms with Crippen molar-refractivity contribution in [1.29, 1.82) is 0 Å². The maximum atomic E-state index is 13.6. The van der Waals surface area contributed by atoms with Gasteiger partial charge in [-0.3, -0.25) is 24.2 Å². The molecule has 2 atom stereocenters. The number of imide groups is 1. The van der Waals surface area contributed by atoms with Crippen LogP contribution in [0.1, 0.15) is 52.1 Å². The second-order valence-corrected chi connectivity index (χ2v) is 9.15. The van der Waals surface area contributed by atoms with Gasteiger partial charge in [-0.25, -0.2) is 0 Å². The molecule has 0 N–H and O–H groups in total. The third kappa shape index (κ3) is 4.96. The summed E-state index contributed by atoms with van der Waals surface area (Å²) >= 11 is 0. The molecule has 2 aromatic carbocycles. The van der Waals surface area contributed by atoms with Gasteiger partial charge in [0.15, 0.2) is 0 Å². The average Bonchev–Trinajstić information content (AvgIpc) is 3.09. The molecule has 6 nitrogen and oxygen atoms in total. The van der Waals surface area contributed by atoms with Gasteiger partial charge in [0.2, 0.25) is 5.91 Å². The van der Waals surface area contributed by atoms with Crippen molar-refractivity contribution in [3.05, 3.63) is 70.8 Å². The zero-order valence-electron chi connectivity index (χ0n) is 19.7. The number of benzene rings is 2. The van der Waals surface area contributed by atoms with Crippen molar-refractivity contribution in [3.8, 4) is 0 Å². The molecule has 0 aromatic heterocycles. The summed E-state index contributed by atoms with van der Waals surface area (Å²) < 4.78 is 38.4. The van der Waals surface area contributed by atoms with Crippen LogP contribution in [-0.4, -0.2) is 64.6 Å². The summed E-state index contributed by atoms with van der Waals surface area (Å²) in [6.45, 7) is 6.18. The average molecular weight is 488 g/mol. The van der Waals surface area contributed by atoms with E-state index in [2.05, 4.69) is 4.90 Å². The molecule has 2 aromatic rings. The summed E-state index contributed by atoms with van der Waals surface area (Å²) in [5, 5.41) is 0. The second-order valence-electron chi connectivity index (χ2n) is 9.15. The van der Waals surface area contributed by atoms with Crippen LogP contribution >= 0.6 is 0 Å². The molecule has 1 fully saturated rings. The summed E-state index contributed by atoms with van der Waals surface area (Å²) in [6.07, 6.45) is -3.74. The lowest BCUT2D eigenvalue weighted by molar-refractivity contribution is -0.139. The van der Waals surface area contributed by atoms with Gasteiger partial charge in [0, 0.05) is 32.7 Å². The first-order valence-electron chi connectivity index (χ1n) is 11.8. The highest BCUT2D eigenvalue weighted by Crippen LogP contribution is 2.30. The molecule has 2 aliphatic rings. The van der Waals surface area contributed by atoms with Gasteiger partial charge in [-0.05, 0) is 35.7 Å². The number of hydrogen-bond donors (Lipinski definition) is 0. The van der Waals surface area contributed by atoms with Crippen molar-refractivity contribution < 1.29 is 27.6 Å². The van der Waals surface area contributed by atoms with E-state index in [0.29, 0.717) is 50.3 Å². The van der Waals surface area contributed by atoms with E-state index in [0.717, 1.165) is 22.6 Å². The molecule has 0 radical (unpaired) electrons. The number of alkyl halides is 3. The van der Waals surface area contributed by atoms with E-state index in [4.69, 9.17) is 0 Å². The lowest BCUT2D eigenvalue weighted by Crippen LogP contribution is -2.57. The Morgan fingerprint density at radius 2 is 1.46 bits per heavy atom. The third-order valence-electron chi connectivity index (χ3n) is 6.91. The second kappa shape index (κ2) is 9.81. The summed E-state index contributed by atoms with van der Waals surface area (Å²) in [7, 11) is 0. The molecule has 3 amide bonds. The minimum atomic E-state index is -4.36. The van der Waals surface area contributed by atoms with Gasteiger partial charge in [-0.1, -0.05) is 44.5 Å². The predicted molar refractivity (Wildman–Crippen MR) is 123 cm³/mol. The number of piperazine rings is 1. The molecule has 35 heavy (non-hydrogen) atoms. The summed E-state index contributed by atoms with van der Waals surface area (Å²) in [5.41, 5.74) is 0.724. The number of hydrogen-bond acceptors (Lipinski definition) is 4. The fraction of sp³-hybridized carbons (Fsp3) is 0.423. The fourth-order valence-corrected chi connectivity index (χ4v) is 4.66. The Morgan fingerprint density at radius 3 is 1.94 bits per heavy atom. The number of nitrogens with zero attached hydrogens (tertiary/aromatic N) is 3. The molecule has 4 rings (SSSR count). The van der Waals surface area contributed by atoms with E-state index in [1.165, 1.54) is 12.1 Å². The lowest BCUT2D eigenvalue weighted by atomic mass is 9.95. The van der Waals surface area contributed by atoms with Gasteiger partial charge in [0.25, 0.3) is 11.8 Å². The van der Waals surface area contributed by atoms with E-state index in [1.807, 2.05) is 13.8 Å². The van der Waals surface area contributed by atoms with E-state index in [-0.39, 0.29) is 11.8 Å². The third-order valence-corrected chi connectivity index (χ3v) is 6.91. The van der Waals surface area contributed by atoms with Crippen LogP contribution < -0.4 is 0 Å². The maximum absolute atomic E-state index is 13.6. The lowest BCUT2D eigenvalue weighted by Gasteiger charge is -2.39. The number of rotatable bonds is 6. The molecular weight excluding hydrogens is 459 g/mol. The molecular formula is C26H28F3N3O3. The van der Waals surface area contributed by atoms with E-state index in [9.17, 15) is 27.6 Å². The van der Waals surface area contributed by atoms with Gasteiger partial charge >= 0.3 is 6.18 Å². The molecule has 0 spiro atoms. The quantitative estimate of drug-likeness (QED) is 0.577. The zero-order valence-corrected chi connectivity index (χ0v) is 19.7. The topological polar surface area (TPSA) is 60.9 Å². The zero-order chi connectivity index (χ0) is 25.3. The first kappa shape index (κ1) is 24.9. The maximum Gasteiger partial charge on any atom is 0.416 e. The Morgan fingerprint density at radius 1 is 0.914 bits per heavy atom. The highest BCUT2D eigenvalue weighted by molar-refractivity contribution is 6.22. The van der Waals surface area contributed by atoms with Crippen LogP contribution in [0.5, 0.6) is 0 Å². The molecule has 1 saturated heterocycles. The summed E-state index contributed by atoms with van der Waals surface area (Å²) in [5.74, 6) is -1.34. The Balaban J connectivity index is 1.42. The highest BCUT2D eigenvalue weighted by atomic mass is 19.4. The number of carbonyl (C=O) groups excluding carboxylic acids is 3. The molecule has 0 aliphatic carbocycles. The normalized spacial score (nSPS) is 18.5. The number of carbonyl (C=O) groups is 3. The Labute approximate surface area is 202 Å². The van der Waals surface area contributed by atoms with Crippen molar-refractivity contribution in [2.75, 3.05) is 26.2 Å². The van der Waals surface area contributed by atoms with Crippen LogP contribution in [-0.2, 0) is 17.5 Å². The van der Waals surface area contributed by atoms with E-state index in [1.54, 1.807) is 29.2 Å². The Kier molecular flexibility index (Phi) is 6.98. The van der Waals surface area contributed by atoms with Crippen LogP contribution in [0.2, 0.25) is 0 Å². The molecule has 9 heteroatoms. The summed E-state index contributed by atoms with van der Waals surface area (Å²) in [4.78, 5) is 44.6. The van der Waals surface area contributed by atoms with Crippen molar-refractivity contribution in [1.82, 2.24) is 14.7 Å². The Bertz CT molecular complexity index is 1070. The monoisotopic (exact) mass is 487 g/mol. The standard InChI is InChI=1S/C26H28F3N3O3/c1-3-17(2)22(32-23(33)20-6-4-5-7-21(20)24(32)34)25(35)31-14-12-30(13-15-31)16-18-8-10-19(11-9-18)26(27,28)29/h4-11,17,22H,3,12-16H2,1-2H3/t17-,22-/m0/s1. The van der Waals surface area contributed by atoms with Crippen LogP contribution in [0, 0.1) is 5.92 Å². The van der Waals surface area contributed by atoms with Crippen LogP contribution in [0.25, 0.3) is 0 Å². The molecule has 186 valence electrons. The first-order chi connectivity index (χ1) is 16.6. The molecule has 0 unspecified atom stereocenters. The summed E-state index contributed by atoms with van der Waals surface area (Å²) in [6, 6.07) is 10.8. The number of halogens is 3. The van der Waals surface area contributed by atoms with Gasteiger partial charge in [-0.15, -0.1) is 0 Å². The Hall–Kier alpha value is -3.20. The minimum absolute atomic E-state index is 0.213. The number of fused-ring (bicyclic) bond motifs is 1. The highest BCUT2D eigenvalue weighted by Gasteiger charge is 2.46. The van der Waals surface area contributed by atoms with Crippen molar-refractivity contribution >= 4 is 17.7 Å². The fourth-order valence-electron chi connectivity index (χ4n) is 4.66. The van der Waals surface area contributed by atoms with Crippen LogP contribution in [0.3, 0.4) is 0 Å². The van der Waals surface area contributed by atoms with Gasteiger partial charge < -0.3 is 4.90 Å². The van der Waals surface area contributed by atoms with Gasteiger partial charge in [-0.2, -0.15) is 13.2 Å². The SMILES string of the molecule is CC[C@H](C)[C@@H](C(=O)N1CCN(Cc2ccc(C(F)(F)F)cc2)CC1)N1C(=O)c2ccccc2C1=O. The van der Waals surface area contributed by atoms with Crippen molar-refractivity contribution in [3.63, 3.8) is 0 Å². The van der Waals surface area contributed by atoms with E-state index >= 15 is 0 Å². The van der Waals surface area contributed by atoms with Gasteiger partial charge in [0.1, 0.15) is 6.04 Å². The van der Waals surface area contributed by atoms with Crippen LogP contribution in [0.4, 0.5) is 13.2 Å². The smallest absolute Gasteiger partial charge is 0.338 e.